The molecule has 1 aliphatic carbocycles. The van der Waals surface area contributed by atoms with E-state index in [1.165, 1.54) is 25.7 Å². The van der Waals surface area contributed by atoms with Crippen molar-refractivity contribution in [2.24, 2.45) is 11.3 Å². The molecule has 1 aliphatic rings. The standard InChI is InChI=1S/C14H24O2/c1-11(15)4-5-13(16)10-12-6-8-14(2,3)9-7-12/h11-13,15-16H,6-10H2,1-3H3. The Morgan fingerprint density at radius 3 is 2.25 bits per heavy atom. The second-order valence-corrected chi connectivity index (χ2v) is 5.82. The van der Waals surface area contributed by atoms with Gasteiger partial charge in [-0.1, -0.05) is 25.7 Å². The molecule has 0 spiro atoms. The van der Waals surface area contributed by atoms with Gasteiger partial charge in [-0.05, 0) is 50.4 Å². The summed E-state index contributed by atoms with van der Waals surface area (Å²) in [4.78, 5) is 0. The minimum Gasteiger partial charge on any atom is -0.381 e. The highest BCUT2D eigenvalue weighted by molar-refractivity contribution is 5.08. The van der Waals surface area contributed by atoms with Crippen molar-refractivity contribution in [2.45, 2.75) is 65.1 Å². The van der Waals surface area contributed by atoms with Crippen LogP contribution < -0.4 is 0 Å². The SMILES string of the molecule is CC(O)C#CC(O)CC1CCC(C)(C)CC1. The first-order valence-corrected chi connectivity index (χ1v) is 6.26. The lowest BCUT2D eigenvalue weighted by Gasteiger charge is -2.34. The highest BCUT2D eigenvalue weighted by Crippen LogP contribution is 2.39. The van der Waals surface area contributed by atoms with Gasteiger partial charge in [0, 0.05) is 0 Å². The topological polar surface area (TPSA) is 40.5 Å². The van der Waals surface area contributed by atoms with Crippen molar-refractivity contribution in [1.29, 1.82) is 0 Å². The third-order valence-corrected chi connectivity index (χ3v) is 3.47. The normalized spacial score (nSPS) is 24.3. The van der Waals surface area contributed by atoms with Crippen molar-refractivity contribution in [2.75, 3.05) is 0 Å². The van der Waals surface area contributed by atoms with E-state index in [0.29, 0.717) is 11.3 Å². The van der Waals surface area contributed by atoms with Crippen molar-refractivity contribution in [3.05, 3.63) is 0 Å². The first-order chi connectivity index (χ1) is 7.39. The lowest BCUT2D eigenvalue weighted by molar-refractivity contribution is 0.137. The van der Waals surface area contributed by atoms with E-state index in [4.69, 9.17) is 5.11 Å². The van der Waals surface area contributed by atoms with Gasteiger partial charge in [0.15, 0.2) is 0 Å². The number of aliphatic hydroxyl groups excluding tert-OH is 2. The Hall–Kier alpha value is -0.520. The fraction of sp³-hybridized carbons (Fsp3) is 0.857. The van der Waals surface area contributed by atoms with E-state index >= 15 is 0 Å². The highest BCUT2D eigenvalue weighted by Gasteiger charge is 2.27. The second-order valence-electron chi connectivity index (χ2n) is 5.82. The van der Waals surface area contributed by atoms with Gasteiger partial charge in [0.1, 0.15) is 12.2 Å². The van der Waals surface area contributed by atoms with Gasteiger partial charge in [-0.2, -0.15) is 0 Å². The van der Waals surface area contributed by atoms with Crippen molar-refractivity contribution in [3.63, 3.8) is 0 Å². The molecule has 0 saturated heterocycles. The highest BCUT2D eigenvalue weighted by atomic mass is 16.3. The second kappa shape index (κ2) is 5.70. The summed E-state index contributed by atoms with van der Waals surface area (Å²) in [7, 11) is 0. The molecule has 16 heavy (non-hydrogen) atoms. The summed E-state index contributed by atoms with van der Waals surface area (Å²) < 4.78 is 0. The van der Waals surface area contributed by atoms with Crippen LogP contribution in [-0.2, 0) is 0 Å². The Kier molecular flexibility index (Phi) is 4.83. The third-order valence-electron chi connectivity index (χ3n) is 3.47. The van der Waals surface area contributed by atoms with Crippen LogP contribution in [0.15, 0.2) is 0 Å². The molecule has 1 saturated carbocycles. The molecule has 2 unspecified atom stereocenters. The molecule has 0 radical (unpaired) electrons. The third kappa shape index (κ3) is 5.01. The number of rotatable bonds is 2. The lowest BCUT2D eigenvalue weighted by Crippen LogP contribution is -2.23. The zero-order valence-corrected chi connectivity index (χ0v) is 10.7. The smallest absolute Gasteiger partial charge is 0.115 e. The van der Waals surface area contributed by atoms with E-state index < -0.39 is 12.2 Å². The van der Waals surface area contributed by atoms with Gasteiger partial charge < -0.3 is 10.2 Å². The molecule has 2 N–H and O–H groups in total. The van der Waals surface area contributed by atoms with Gasteiger partial charge >= 0.3 is 0 Å². The van der Waals surface area contributed by atoms with Gasteiger partial charge in [-0.25, -0.2) is 0 Å². The van der Waals surface area contributed by atoms with Crippen LogP contribution in [0.2, 0.25) is 0 Å². The monoisotopic (exact) mass is 224 g/mol. The number of hydrogen-bond acceptors (Lipinski definition) is 2. The molecule has 0 amide bonds. The van der Waals surface area contributed by atoms with E-state index in [-0.39, 0.29) is 0 Å². The quantitative estimate of drug-likeness (QED) is 0.707. The molecule has 0 aliphatic heterocycles. The largest absolute Gasteiger partial charge is 0.381 e. The van der Waals surface area contributed by atoms with Crippen LogP contribution in [-0.4, -0.2) is 22.4 Å². The van der Waals surface area contributed by atoms with Gasteiger partial charge in [0.25, 0.3) is 0 Å². The Balaban J connectivity index is 2.32. The average molecular weight is 224 g/mol. The van der Waals surface area contributed by atoms with Crippen LogP contribution in [0.4, 0.5) is 0 Å². The summed E-state index contributed by atoms with van der Waals surface area (Å²) in [5.74, 6) is 5.92. The summed E-state index contributed by atoms with van der Waals surface area (Å²) in [6, 6.07) is 0. The van der Waals surface area contributed by atoms with E-state index in [1.54, 1.807) is 6.92 Å². The maximum absolute atomic E-state index is 9.70. The number of hydrogen-bond donors (Lipinski definition) is 2. The Labute approximate surface area is 99.1 Å². The minimum absolute atomic E-state index is 0.479. The molecule has 0 bridgehead atoms. The van der Waals surface area contributed by atoms with E-state index in [9.17, 15) is 5.11 Å². The fourth-order valence-electron chi connectivity index (χ4n) is 2.29. The van der Waals surface area contributed by atoms with Gasteiger partial charge in [0.2, 0.25) is 0 Å². The maximum Gasteiger partial charge on any atom is 0.115 e. The Morgan fingerprint density at radius 1 is 1.19 bits per heavy atom. The van der Waals surface area contributed by atoms with Gasteiger partial charge in [-0.15, -0.1) is 0 Å². The summed E-state index contributed by atoms with van der Waals surface area (Å²) in [6.45, 7) is 6.24. The van der Waals surface area contributed by atoms with Crippen LogP contribution in [0.5, 0.6) is 0 Å². The predicted molar refractivity (Wildman–Crippen MR) is 65.8 cm³/mol. The van der Waals surface area contributed by atoms with Crippen molar-refractivity contribution in [3.8, 4) is 11.8 Å². The summed E-state index contributed by atoms with van der Waals surface area (Å²) >= 11 is 0. The summed E-state index contributed by atoms with van der Waals surface area (Å²) in [5, 5.41) is 18.7. The van der Waals surface area contributed by atoms with Crippen molar-refractivity contribution >= 4 is 0 Å². The van der Waals surface area contributed by atoms with Crippen LogP contribution in [0.1, 0.15) is 52.9 Å². The zero-order valence-electron chi connectivity index (χ0n) is 10.7. The Bertz CT molecular complexity index is 260. The van der Waals surface area contributed by atoms with Gasteiger partial charge in [-0.3, -0.25) is 0 Å². The van der Waals surface area contributed by atoms with Crippen LogP contribution in [0.25, 0.3) is 0 Å². The molecule has 0 heterocycles. The number of aliphatic hydroxyl groups is 2. The first-order valence-electron chi connectivity index (χ1n) is 6.26. The van der Waals surface area contributed by atoms with Crippen molar-refractivity contribution in [1.82, 2.24) is 0 Å². The molecule has 2 nitrogen and oxygen atoms in total. The minimum atomic E-state index is -0.639. The lowest BCUT2D eigenvalue weighted by atomic mass is 9.72. The molecule has 0 aromatic carbocycles. The molecule has 2 heteroatoms. The molecule has 92 valence electrons. The van der Waals surface area contributed by atoms with Crippen LogP contribution in [0.3, 0.4) is 0 Å². The van der Waals surface area contributed by atoms with Crippen molar-refractivity contribution < 1.29 is 10.2 Å². The molecule has 1 rings (SSSR count). The summed E-state index contributed by atoms with van der Waals surface area (Å²) in [6.07, 6.45) is 4.43. The zero-order chi connectivity index (χ0) is 12.2. The molecule has 0 aromatic rings. The molecule has 2 atom stereocenters. The van der Waals surface area contributed by atoms with E-state index in [0.717, 1.165) is 6.42 Å². The van der Waals surface area contributed by atoms with Crippen LogP contribution >= 0.6 is 0 Å². The summed E-state index contributed by atoms with van der Waals surface area (Å²) in [5.41, 5.74) is 0.479. The molecular formula is C14H24O2. The maximum atomic E-state index is 9.70. The predicted octanol–water partition coefficient (Wildman–Crippen LogP) is 2.34. The van der Waals surface area contributed by atoms with E-state index in [1.807, 2.05) is 0 Å². The average Bonchev–Trinajstić information content (AvgIpc) is 2.18. The fourth-order valence-corrected chi connectivity index (χ4v) is 2.29. The molecule has 1 fully saturated rings. The van der Waals surface area contributed by atoms with E-state index in [2.05, 4.69) is 25.7 Å². The van der Waals surface area contributed by atoms with Gasteiger partial charge in [0.05, 0.1) is 0 Å². The molecular weight excluding hydrogens is 200 g/mol. The Morgan fingerprint density at radius 2 is 1.75 bits per heavy atom. The molecule has 0 aromatic heterocycles. The van der Waals surface area contributed by atoms with Crippen LogP contribution in [0, 0.1) is 23.2 Å². The first kappa shape index (κ1) is 13.5.